The van der Waals surface area contributed by atoms with Gasteiger partial charge in [0.1, 0.15) is 12.0 Å². The van der Waals surface area contributed by atoms with Crippen LogP contribution in [-0.4, -0.2) is 58.3 Å². The Bertz CT molecular complexity index is 1040. The van der Waals surface area contributed by atoms with E-state index in [-0.39, 0.29) is 12.0 Å². The number of carbonyl (C=O) groups is 5. The number of benzene rings is 2. The SMILES string of the molecule is CC(C)(C(=O)C(Oc1cccc2ccccc12)C(=O)O)[C@H](N)C(=O)N[C@H](C=O)CC(=O)O. The van der Waals surface area contributed by atoms with Crippen LogP contribution in [0.1, 0.15) is 20.3 Å². The first kappa shape index (κ1) is 24.5. The highest BCUT2D eigenvalue weighted by atomic mass is 16.5. The Kier molecular flexibility index (Phi) is 7.66. The van der Waals surface area contributed by atoms with Gasteiger partial charge in [-0.25, -0.2) is 4.79 Å². The number of rotatable bonds is 11. The number of carboxylic acids is 2. The van der Waals surface area contributed by atoms with Crippen molar-refractivity contribution in [3.63, 3.8) is 0 Å². The quantitative estimate of drug-likeness (QED) is 0.288. The largest absolute Gasteiger partial charge is 0.481 e. The molecule has 0 saturated heterocycles. The van der Waals surface area contributed by atoms with Crippen molar-refractivity contribution in [2.45, 2.75) is 38.5 Å². The molecule has 0 radical (unpaired) electrons. The van der Waals surface area contributed by atoms with Gasteiger partial charge in [-0.1, -0.05) is 50.2 Å². The second-order valence-corrected chi connectivity index (χ2v) is 7.73. The summed E-state index contributed by atoms with van der Waals surface area (Å²) in [6, 6.07) is 9.07. The van der Waals surface area contributed by atoms with Gasteiger partial charge in [-0.2, -0.15) is 0 Å². The minimum atomic E-state index is -1.96. The highest BCUT2D eigenvalue weighted by molar-refractivity contribution is 6.07. The molecule has 0 aromatic heterocycles. The smallest absolute Gasteiger partial charge is 0.352 e. The lowest BCUT2D eigenvalue weighted by Crippen LogP contribution is -2.58. The van der Waals surface area contributed by atoms with Gasteiger partial charge in [-0.3, -0.25) is 14.4 Å². The third kappa shape index (κ3) is 5.46. The zero-order valence-electron chi connectivity index (χ0n) is 17.5. The first-order valence-corrected chi connectivity index (χ1v) is 9.63. The molecule has 2 rings (SSSR count). The van der Waals surface area contributed by atoms with Gasteiger partial charge in [0, 0.05) is 5.39 Å². The lowest BCUT2D eigenvalue weighted by Gasteiger charge is -2.32. The Morgan fingerprint density at radius 2 is 1.72 bits per heavy atom. The summed E-state index contributed by atoms with van der Waals surface area (Å²) < 4.78 is 5.55. The molecule has 10 heteroatoms. The monoisotopic (exact) mass is 444 g/mol. The van der Waals surface area contributed by atoms with Crippen LogP contribution in [-0.2, 0) is 24.0 Å². The predicted molar refractivity (Wildman–Crippen MR) is 113 cm³/mol. The molecule has 0 aliphatic carbocycles. The Morgan fingerprint density at radius 3 is 2.31 bits per heavy atom. The van der Waals surface area contributed by atoms with Crippen molar-refractivity contribution < 1.29 is 38.9 Å². The van der Waals surface area contributed by atoms with Crippen LogP contribution in [0.2, 0.25) is 0 Å². The van der Waals surface area contributed by atoms with E-state index < -0.39 is 53.7 Å². The second-order valence-electron chi connectivity index (χ2n) is 7.73. The van der Waals surface area contributed by atoms with E-state index in [2.05, 4.69) is 5.32 Å². The summed E-state index contributed by atoms with van der Waals surface area (Å²) >= 11 is 0. The number of hydrogen-bond donors (Lipinski definition) is 4. The molecule has 1 unspecified atom stereocenters. The fourth-order valence-electron chi connectivity index (χ4n) is 3.05. The lowest BCUT2D eigenvalue weighted by molar-refractivity contribution is -0.155. The first-order valence-electron chi connectivity index (χ1n) is 9.63. The second kappa shape index (κ2) is 10.0. The number of nitrogens with two attached hydrogens (primary N) is 1. The summed E-state index contributed by atoms with van der Waals surface area (Å²) in [6.45, 7) is 2.55. The van der Waals surface area contributed by atoms with E-state index >= 15 is 0 Å². The Labute approximate surface area is 183 Å². The number of ether oxygens (including phenoxy) is 1. The molecule has 2 aromatic carbocycles. The third-order valence-electron chi connectivity index (χ3n) is 5.04. The summed E-state index contributed by atoms with van der Waals surface area (Å²) in [4.78, 5) is 59.2. The van der Waals surface area contributed by atoms with Crippen molar-refractivity contribution in [3.8, 4) is 5.75 Å². The molecule has 0 heterocycles. The molecule has 5 N–H and O–H groups in total. The van der Waals surface area contributed by atoms with Crippen LogP contribution in [0.25, 0.3) is 10.8 Å². The van der Waals surface area contributed by atoms with Crippen molar-refractivity contribution >= 4 is 40.7 Å². The summed E-state index contributed by atoms with van der Waals surface area (Å²) in [5.41, 5.74) is 4.18. The number of aldehydes is 1. The minimum absolute atomic E-state index is 0.167. The third-order valence-corrected chi connectivity index (χ3v) is 5.04. The van der Waals surface area contributed by atoms with Crippen LogP contribution in [0.5, 0.6) is 5.75 Å². The summed E-state index contributed by atoms with van der Waals surface area (Å²) in [5, 5.41) is 21.9. The molecular weight excluding hydrogens is 420 g/mol. The number of nitrogens with one attached hydrogen (secondary N) is 1. The number of carbonyl (C=O) groups excluding carboxylic acids is 3. The Morgan fingerprint density at radius 1 is 1.09 bits per heavy atom. The van der Waals surface area contributed by atoms with E-state index in [1.807, 2.05) is 0 Å². The fraction of sp³-hybridized carbons (Fsp3) is 0.318. The van der Waals surface area contributed by atoms with Gasteiger partial charge in [0.2, 0.25) is 5.91 Å². The van der Waals surface area contributed by atoms with Gasteiger partial charge >= 0.3 is 11.9 Å². The predicted octanol–water partition coefficient (Wildman–Crippen LogP) is 0.753. The molecule has 170 valence electrons. The highest BCUT2D eigenvalue weighted by Crippen LogP contribution is 2.29. The van der Waals surface area contributed by atoms with Gasteiger partial charge in [-0.05, 0) is 11.5 Å². The molecule has 10 nitrogen and oxygen atoms in total. The van der Waals surface area contributed by atoms with Crippen molar-refractivity contribution in [2.24, 2.45) is 11.1 Å². The molecule has 0 aliphatic heterocycles. The standard InChI is InChI=1S/C22H24N2O8/c1-22(2,18(23)20(29)24-13(11-25)10-16(26)27)19(28)17(21(30)31)32-15-9-5-7-12-6-3-4-8-14(12)15/h3-9,11,13,17-18H,10,23H2,1-2H3,(H,24,29)(H,26,27)(H,30,31)/t13-,17?,18+/m0/s1. The van der Waals surface area contributed by atoms with Crippen LogP contribution in [0.3, 0.4) is 0 Å². The van der Waals surface area contributed by atoms with E-state index in [0.717, 1.165) is 5.39 Å². The van der Waals surface area contributed by atoms with Gasteiger partial charge in [0.15, 0.2) is 5.78 Å². The molecule has 0 fully saturated rings. The maximum absolute atomic E-state index is 13.1. The highest BCUT2D eigenvalue weighted by Gasteiger charge is 2.46. The van der Waals surface area contributed by atoms with Gasteiger partial charge in [0.05, 0.1) is 23.9 Å². The Balaban J connectivity index is 2.27. The van der Waals surface area contributed by atoms with Gasteiger partial charge in [-0.15, -0.1) is 0 Å². The van der Waals surface area contributed by atoms with E-state index in [9.17, 15) is 29.1 Å². The average molecular weight is 444 g/mol. The van der Waals surface area contributed by atoms with Crippen LogP contribution >= 0.6 is 0 Å². The van der Waals surface area contributed by atoms with Crippen LogP contribution < -0.4 is 15.8 Å². The van der Waals surface area contributed by atoms with E-state index in [0.29, 0.717) is 5.39 Å². The molecule has 0 spiro atoms. The molecule has 0 bridgehead atoms. The number of carboxylic acid groups (broad SMARTS) is 2. The lowest BCUT2D eigenvalue weighted by atomic mass is 9.78. The number of fused-ring (bicyclic) bond motifs is 1. The molecule has 3 atom stereocenters. The maximum Gasteiger partial charge on any atom is 0.352 e. The van der Waals surface area contributed by atoms with E-state index in [4.69, 9.17) is 15.6 Å². The fourth-order valence-corrected chi connectivity index (χ4v) is 3.05. The Hall–Kier alpha value is -3.79. The zero-order valence-corrected chi connectivity index (χ0v) is 17.5. The van der Waals surface area contributed by atoms with Crippen molar-refractivity contribution in [1.29, 1.82) is 0 Å². The molecule has 2 aromatic rings. The summed E-state index contributed by atoms with van der Waals surface area (Å²) in [7, 11) is 0. The molecule has 1 amide bonds. The molecular formula is C22H24N2O8. The van der Waals surface area contributed by atoms with Crippen LogP contribution in [0.15, 0.2) is 42.5 Å². The summed E-state index contributed by atoms with van der Waals surface area (Å²) in [6.07, 6.45) is -2.40. The molecule has 0 saturated carbocycles. The zero-order chi connectivity index (χ0) is 24.1. The number of Topliss-reactive ketones (excluding diaryl/α,β-unsaturated/α-hetero) is 1. The molecule has 0 aliphatic rings. The number of ketones is 1. The number of aliphatic carboxylic acids is 2. The van der Waals surface area contributed by atoms with Crippen LogP contribution in [0.4, 0.5) is 0 Å². The normalized spacial score (nSPS) is 14.1. The number of hydrogen-bond acceptors (Lipinski definition) is 7. The van der Waals surface area contributed by atoms with E-state index in [1.165, 1.54) is 19.9 Å². The maximum atomic E-state index is 13.1. The number of amides is 1. The average Bonchev–Trinajstić information content (AvgIpc) is 2.75. The minimum Gasteiger partial charge on any atom is -0.481 e. The summed E-state index contributed by atoms with van der Waals surface area (Å²) in [5.74, 6) is -4.67. The van der Waals surface area contributed by atoms with Crippen LogP contribution in [0, 0.1) is 5.41 Å². The topological polar surface area (TPSA) is 173 Å². The van der Waals surface area contributed by atoms with Crippen molar-refractivity contribution in [2.75, 3.05) is 0 Å². The van der Waals surface area contributed by atoms with E-state index in [1.54, 1.807) is 36.4 Å². The van der Waals surface area contributed by atoms with Gasteiger partial charge in [0.25, 0.3) is 6.10 Å². The van der Waals surface area contributed by atoms with Crippen molar-refractivity contribution in [3.05, 3.63) is 42.5 Å². The molecule has 32 heavy (non-hydrogen) atoms. The first-order chi connectivity index (χ1) is 15.0. The van der Waals surface area contributed by atoms with Gasteiger partial charge < -0.3 is 30.8 Å². The van der Waals surface area contributed by atoms with Crippen molar-refractivity contribution in [1.82, 2.24) is 5.32 Å².